The minimum atomic E-state index is -0.978. The fraction of sp³-hybridized carbons (Fsp3) is 0.286. The second kappa shape index (κ2) is 6.78. The Labute approximate surface area is 161 Å². The molecule has 1 saturated carbocycles. The maximum absolute atomic E-state index is 12.6. The predicted octanol–water partition coefficient (Wildman–Crippen LogP) is 4.28. The number of benzene rings is 2. The van der Waals surface area contributed by atoms with Crippen molar-refractivity contribution in [2.75, 3.05) is 0 Å². The van der Waals surface area contributed by atoms with E-state index >= 15 is 0 Å². The summed E-state index contributed by atoms with van der Waals surface area (Å²) in [6, 6.07) is 14.3. The summed E-state index contributed by atoms with van der Waals surface area (Å²) in [7, 11) is 0. The number of hydrogen-bond donors (Lipinski definition) is 2. The van der Waals surface area contributed by atoms with Crippen LogP contribution in [-0.2, 0) is 4.79 Å². The van der Waals surface area contributed by atoms with Crippen LogP contribution in [-0.4, -0.2) is 22.0 Å². The quantitative estimate of drug-likeness (QED) is 0.692. The number of thiazole rings is 1. The normalized spacial score (nSPS) is 19.6. The molecule has 0 aliphatic heterocycles. The summed E-state index contributed by atoms with van der Waals surface area (Å²) in [4.78, 5) is 28.3. The van der Waals surface area contributed by atoms with E-state index in [0.717, 1.165) is 17.8 Å². The molecule has 27 heavy (non-hydrogen) atoms. The molecule has 1 aliphatic carbocycles. The number of fused-ring (bicyclic) bond motifs is 1. The summed E-state index contributed by atoms with van der Waals surface area (Å²) in [5, 5.41) is 15.2. The van der Waals surface area contributed by atoms with Gasteiger partial charge in [0.1, 0.15) is 9.88 Å². The Hall–Kier alpha value is -2.73. The molecule has 1 heterocycles. The highest BCUT2D eigenvalue weighted by Gasteiger charge is 2.44. The Bertz CT molecular complexity index is 1040. The van der Waals surface area contributed by atoms with Gasteiger partial charge < -0.3 is 10.4 Å². The number of aromatic nitrogens is 1. The number of amides is 1. The van der Waals surface area contributed by atoms with Gasteiger partial charge in [0.15, 0.2) is 0 Å². The molecule has 0 radical (unpaired) electrons. The van der Waals surface area contributed by atoms with Crippen LogP contribution in [0.2, 0.25) is 0 Å². The second-order valence-corrected chi connectivity index (χ2v) is 8.09. The zero-order valence-corrected chi connectivity index (χ0v) is 15.9. The maximum Gasteiger partial charge on any atom is 0.347 e. The van der Waals surface area contributed by atoms with Crippen LogP contribution in [0.15, 0.2) is 42.5 Å². The van der Waals surface area contributed by atoms with Crippen LogP contribution in [0, 0.1) is 12.8 Å². The van der Waals surface area contributed by atoms with Gasteiger partial charge in [-0.15, -0.1) is 11.3 Å². The highest BCUT2D eigenvalue weighted by Crippen LogP contribution is 2.48. The smallest absolute Gasteiger partial charge is 0.347 e. The average molecular weight is 380 g/mol. The average Bonchev–Trinajstić information content (AvgIpc) is 3.36. The lowest BCUT2D eigenvalue weighted by Crippen LogP contribution is -2.28. The Kier molecular flexibility index (Phi) is 4.44. The van der Waals surface area contributed by atoms with E-state index in [9.17, 15) is 9.59 Å². The van der Waals surface area contributed by atoms with Crippen LogP contribution in [0.3, 0.4) is 0 Å². The van der Waals surface area contributed by atoms with Crippen LogP contribution in [0.1, 0.15) is 51.2 Å². The summed E-state index contributed by atoms with van der Waals surface area (Å²) in [6.07, 6.45) is 0.841. The number of aromatic carboxylic acids is 1. The summed E-state index contributed by atoms with van der Waals surface area (Å²) in [5.74, 6) is -0.762. The van der Waals surface area contributed by atoms with E-state index in [2.05, 4.69) is 40.6 Å². The minimum absolute atomic E-state index is 0.00499. The number of hydrogen-bond acceptors (Lipinski definition) is 4. The number of aryl methyl sites for hydroxylation is 1. The van der Waals surface area contributed by atoms with Gasteiger partial charge in [-0.3, -0.25) is 4.79 Å². The number of nitrogens with zero attached hydrogens (tertiary/aromatic N) is 1. The lowest BCUT2D eigenvalue weighted by molar-refractivity contribution is -0.123. The van der Waals surface area contributed by atoms with Crippen molar-refractivity contribution < 1.29 is 14.7 Å². The minimum Gasteiger partial charge on any atom is -0.477 e. The van der Waals surface area contributed by atoms with Crippen molar-refractivity contribution in [3.63, 3.8) is 0 Å². The first kappa shape index (κ1) is 17.7. The van der Waals surface area contributed by atoms with Gasteiger partial charge in [0.05, 0.1) is 11.7 Å². The van der Waals surface area contributed by atoms with Crippen molar-refractivity contribution in [1.29, 1.82) is 0 Å². The molecule has 0 bridgehead atoms. The molecule has 1 fully saturated rings. The van der Waals surface area contributed by atoms with Crippen molar-refractivity contribution in [3.8, 4) is 0 Å². The topological polar surface area (TPSA) is 79.3 Å². The SMILES string of the molecule is Cc1nc(C(C)NC(=O)C2CC2c2ccc3ccccc3c2)sc1C(=O)O. The third-order valence-corrected chi connectivity index (χ3v) is 6.39. The van der Waals surface area contributed by atoms with E-state index < -0.39 is 5.97 Å². The summed E-state index contributed by atoms with van der Waals surface area (Å²) < 4.78 is 0. The van der Waals surface area contributed by atoms with Gasteiger partial charge in [0.2, 0.25) is 5.91 Å². The molecule has 5 nitrogen and oxygen atoms in total. The first-order valence-electron chi connectivity index (χ1n) is 8.93. The van der Waals surface area contributed by atoms with Gasteiger partial charge in [-0.25, -0.2) is 9.78 Å². The maximum atomic E-state index is 12.6. The molecule has 0 spiro atoms. The molecule has 3 aromatic rings. The van der Waals surface area contributed by atoms with Crippen molar-refractivity contribution >= 4 is 34.0 Å². The van der Waals surface area contributed by atoms with Crippen LogP contribution >= 0.6 is 11.3 Å². The number of nitrogens with one attached hydrogen (secondary N) is 1. The Balaban J connectivity index is 1.43. The molecule has 6 heteroatoms. The molecule has 2 N–H and O–H groups in total. The van der Waals surface area contributed by atoms with E-state index in [1.807, 2.05) is 19.1 Å². The van der Waals surface area contributed by atoms with Gasteiger partial charge in [0.25, 0.3) is 0 Å². The molecule has 1 aliphatic rings. The van der Waals surface area contributed by atoms with Crippen LogP contribution in [0.4, 0.5) is 0 Å². The third kappa shape index (κ3) is 3.45. The van der Waals surface area contributed by atoms with Crippen LogP contribution in [0.25, 0.3) is 10.8 Å². The molecule has 1 amide bonds. The highest BCUT2D eigenvalue weighted by molar-refractivity contribution is 7.13. The van der Waals surface area contributed by atoms with Crippen molar-refractivity contribution in [1.82, 2.24) is 10.3 Å². The number of carbonyl (C=O) groups excluding carboxylic acids is 1. The Morgan fingerprint density at radius 3 is 2.67 bits per heavy atom. The fourth-order valence-electron chi connectivity index (χ4n) is 3.47. The molecule has 1 aromatic heterocycles. The van der Waals surface area contributed by atoms with Crippen molar-refractivity contribution in [3.05, 3.63) is 63.6 Å². The van der Waals surface area contributed by atoms with Crippen molar-refractivity contribution in [2.45, 2.75) is 32.2 Å². The largest absolute Gasteiger partial charge is 0.477 e. The van der Waals surface area contributed by atoms with Crippen molar-refractivity contribution in [2.24, 2.45) is 5.92 Å². The van der Waals surface area contributed by atoms with E-state index in [-0.39, 0.29) is 28.7 Å². The molecule has 3 unspecified atom stereocenters. The third-order valence-electron chi connectivity index (χ3n) is 5.07. The first-order chi connectivity index (χ1) is 12.9. The first-order valence-corrected chi connectivity index (χ1v) is 9.75. The van der Waals surface area contributed by atoms with E-state index in [0.29, 0.717) is 10.7 Å². The fourth-order valence-corrected chi connectivity index (χ4v) is 4.38. The number of carboxylic acids is 1. The van der Waals surface area contributed by atoms with Crippen LogP contribution in [0.5, 0.6) is 0 Å². The van der Waals surface area contributed by atoms with Gasteiger partial charge >= 0.3 is 5.97 Å². The predicted molar refractivity (Wildman–Crippen MR) is 105 cm³/mol. The lowest BCUT2D eigenvalue weighted by Gasteiger charge is -2.11. The van der Waals surface area contributed by atoms with Gasteiger partial charge in [-0.05, 0) is 42.5 Å². The molecule has 2 aromatic carbocycles. The monoisotopic (exact) mass is 380 g/mol. The highest BCUT2D eigenvalue weighted by atomic mass is 32.1. The Morgan fingerprint density at radius 1 is 1.22 bits per heavy atom. The van der Waals surface area contributed by atoms with Gasteiger partial charge in [-0.2, -0.15) is 0 Å². The molecule has 138 valence electrons. The van der Waals surface area contributed by atoms with Gasteiger partial charge in [-0.1, -0.05) is 42.5 Å². The second-order valence-electron chi connectivity index (χ2n) is 7.06. The van der Waals surface area contributed by atoms with Gasteiger partial charge in [0, 0.05) is 5.92 Å². The summed E-state index contributed by atoms with van der Waals surface area (Å²) >= 11 is 1.12. The molecule has 0 saturated heterocycles. The standard InChI is InChI=1S/C21H20N2O3S/c1-11-18(21(25)26)27-20(23-11)12(2)22-19(24)17-10-16(17)15-8-7-13-5-3-4-6-14(13)9-15/h3-9,12,16-17H,10H2,1-2H3,(H,22,24)(H,25,26). The van der Waals surface area contributed by atoms with Crippen LogP contribution < -0.4 is 5.32 Å². The van der Waals surface area contributed by atoms with E-state index in [1.165, 1.54) is 16.3 Å². The lowest BCUT2D eigenvalue weighted by atomic mass is 10.0. The zero-order valence-electron chi connectivity index (χ0n) is 15.1. The Morgan fingerprint density at radius 2 is 1.96 bits per heavy atom. The molecule has 3 atom stereocenters. The number of carbonyl (C=O) groups is 2. The zero-order chi connectivity index (χ0) is 19.1. The summed E-state index contributed by atoms with van der Waals surface area (Å²) in [6.45, 7) is 3.52. The number of rotatable bonds is 5. The summed E-state index contributed by atoms with van der Waals surface area (Å²) in [5.41, 5.74) is 1.68. The number of carboxylic acid groups (broad SMARTS) is 1. The molecule has 4 rings (SSSR count). The van der Waals surface area contributed by atoms with E-state index in [4.69, 9.17) is 5.11 Å². The molecular formula is C21H20N2O3S. The molecular weight excluding hydrogens is 360 g/mol. The van der Waals surface area contributed by atoms with E-state index in [1.54, 1.807) is 6.92 Å².